The quantitative estimate of drug-likeness (QED) is 0.523. The molecule has 0 radical (unpaired) electrons. The average molecular weight is 402 g/mol. The lowest BCUT2D eigenvalue weighted by Crippen LogP contribution is -2.45. The van der Waals surface area contributed by atoms with Crippen molar-refractivity contribution in [2.75, 3.05) is 26.7 Å². The number of ether oxygens (including phenoxy) is 2. The first kappa shape index (κ1) is 20.5. The molecule has 0 bridgehead atoms. The van der Waals surface area contributed by atoms with Crippen LogP contribution in [0.5, 0.6) is 11.5 Å². The van der Waals surface area contributed by atoms with Crippen molar-refractivity contribution in [3.8, 4) is 11.5 Å². The Hall–Kier alpha value is -2.78. The summed E-state index contributed by atoms with van der Waals surface area (Å²) in [5.74, 6) is 2.30. The van der Waals surface area contributed by atoms with Crippen LogP contribution in [0.1, 0.15) is 29.0 Å². The van der Waals surface area contributed by atoms with E-state index >= 15 is 0 Å². The van der Waals surface area contributed by atoms with Gasteiger partial charge in [0.2, 0.25) is 0 Å². The Labute approximate surface area is 180 Å². The first-order chi connectivity index (χ1) is 14.7. The van der Waals surface area contributed by atoms with Crippen molar-refractivity contribution in [3.05, 3.63) is 95.6 Å². The number of hydrogen-bond acceptors (Lipinski definition) is 3. The van der Waals surface area contributed by atoms with Crippen LogP contribution in [0.15, 0.2) is 78.9 Å². The topological polar surface area (TPSA) is 21.7 Å². The summed E-state index contributed by atoms with van der Waals surface area (Å²) in [6.07, 6.45) is 2.26. The van der Waals surface area contributed by atoms with Gasteiger partial charge >= 0.3 is 0 Å². The van der Waals surface area contributed by atoms with Crippen LogP contribution in [0.4, 0.5) is 0 Å². The summed E-state index contributed by atoms with van der Waals surface area (Å²) in [4.78, 5) is 2.58. The third kappa shape index (κ3) is 5.03. The molecule has 1 aliphatic heterocycles. The number of benzene rings is 3. The molecule has 3 aromatic rings. The Kier molecular flexibility index (Phi) is 6.70. The molecule has 3 aromatic carbocycles. The molecule has 156 valence electrons. The van der Waals surface area contributed by atoms with Gasteiger partial charge in [-0.25, -0.2) is 0 Å². The average Bonchev–Trinajstić information content (AvgIpc) is 2.80. The van der Waals surface area contributed by atoms with Gasteiger partial charge in [-0.15, -0.1) is 0 Å². The Bertz CT molecular complexity index is 940. The molecule has 30 heavy (non-hydrogen) atoms. The lowest BCUT2D eigenvalue weighted by molar-refractivity contribution is 0.0778. The Balaban J connectivity index is 1.46. The van der Waals surface area contributed by atoms with Crippen molar-refractivity contribution in [2.24, 2.45) is 0 Å². The Morgan fingerprint density at radius 3 is 2.53 bits per heavy atom. The van der Waals surface area contributed by atoms with Crippen molar-refractivity contribution in [3.63, 3.8) is 0 Å². The van der Waals surface area contributed by atoms with Crippen molar-refractivity contribution >= 4 is 0 Å². The molecule has 3 nitrogen and oxygen atoms in total. The van der Waals surface area contributed by atoms with Gasteiger partial charge in [0.15, 0.2) is 0 Å². The van der Waals surface area contributed by atoms with Crippen molar-refractivity contribution in [1.29, 1.82) is 0 Å². The van der Waals surface area contributed by atoms with Gasteiger partial charge in [-0.05, 0) is 54.7 Å². The number of likely N-dealkylation sites (tertiary alicyclic amines) is 1. The van der Waals surface area contributed by atoms with Gasteiger partial charge in [0.1, 0.15) is 17.6 Å². The van der Waals surface area contributed by atoms with E-state index in [-0.39, 0.29) is 6.10 Å². The number of methoxy groups -OCH3 is 1. The zero-order valence-electron chi connectivity index (χ0n) is 18.0. The number of nitrogens with zero attached hydrogens (tertiary/aromatic N) is 1. The summed E-state index contributed by atoms with van der Waals surface area (Å²) in [6, 6.07) is 27.6. The summed E-state index contributed by atoms with van der Waals surface area (Å²) < 4.78 is 11.9. The van der Waals surface area contributed by atoms with E-state index in [1.165, 1.54) is 16.7 Å². The largest absolute Gasteiger partial charge is 0.497 e. The molecule has 1 fully saturated rings. The SMILES string of the molecule is COc1cccc(CCN2CC[C@@H](Oc3ccccc3C)[C@@H](c3ccccc3)C2)c1. The highest BCUT2D eigenvalue weighted by atomic mass is 16.5. The van der Waals surface area contributed by atoms with E-state index < -0.39 is 0 Å². The molecule has 3 heteroatoms. The number of rotatable bonds is 7. The van der Waals surface area contributed by atoms with Crippen LogP contribution < -0.4 is 9.47 Å². The number of hydrogen-bond donors (Lipinski definition) is 0. The first-order valence-electron chi connectivity index (χ1n) is 10.9. The highest BCUT2D eigenvalue weighted by Crippen LogP contribution is 2.32. The lowest BCUT2D eigenvalue weighted by atomic mass is 9.87. The predicted molar refractivity (Wildman–Crippen MR) is 123 cm³/mol. The van der Waals surface area contributed by atoms with E-state index in [0.29, 0.717) is 5.92 Å². The van der Waals surface area contributed by atoms with Gasteiger partial charge in [0, 0.05) is 25.6 Å². The fraction of sp³-hybridized carbons (Fsp3) is 0.333. The Morgan fingerprint density at radius 1 is 0.933 bits per heavy atom. The maximum Gasteiger partial charge on any atom is 0.122 e. The van der Waals surface area contributed by atoms with Gasteiger partial charge in [-0.2, -0.15) is 0 Å². The molecule has 0 spiro atoms. The van der Waals surface area contributed by atoms with E-state index in [0.717, 1.165) is 44.0 Å². The van der Waals surface area contributed by atoms with Crippen LogP contribution in [0.2, 0.25) is 0 Å². The van der Waals surface area contributed by atoms with E-state index in [4.69, 9.17) is 9.47 Å². The van der Waals surface area contributed by atoms with Gasteiger partial charge < -0.3 is 14.4 Å². The molecule has 0 saturated carbocycles. The number of piperidine rings is 1. The number of para-hydroxylation sites is 1. The van der Waals surface area contributed by atoms with Crippen molar-refractivity contribution in [2.45, 2.75) is 31.8 Å². The molecule has 0 unspecified atom stereocenters. The highest BCUT2D eigenvalue weighted by molar-refractivity contribution is 5.33. The second-order valence-corrected chi connectivity index (χ2v) is 8.13. The van der Waals surface area contributed by atoms with Crippen LogP contribution in [0.25, 0.3) is 0 Å². The van der Waals surface area contributed by atoms with E-state index in [1.54, 1.807) is 7.11 Å². The molecule has 4 rings (SSSR count). The molecule has 2 atom stereocenters. The van der Waals surface area contributed by atoms with Crippen LogP contribution in [0, 0.1) is 6.92 Å². The van der Waals surface area contributed by atoms with Crippen LogP contribution >= 0.6 is 0 Å². The normalized spacial score (nSPS) is 19.4. The molecule has 0 aliphatic carbocycles. The summed E-state index contributed by atoms with van der Waals surface area (Å²) in [6.45, 7) is 5.25. The summed E-state index contributed by atoms with van der Waals surface area (Å²) in [5.41, 5.74) is 3.89. The molecule has 1 aliphatic rings. The standard InChI is InChI=1S/C27H31NO2/c1-21-9-6-7-14-26(21)30-27-16-18-28(20-25(27)23-11-4-3-5-12-23)17-15-22-10-8-13-24(19-22)29-2/h3-14,19,25,27H,15-18,20H2,1-2H3/t25-,27-/m1/s1. The molecule has 0 N–H and O–H groups in total. The first-order valence-corrected chi connectivity index (χ1v) is 10.9. The fourth-order valence-electron chi connectivity index (χ4n) is 4.33. The molecular weight excluding hydrogens is 370 g/mol. The second-order valence-electron chi connectivity index (χ2n) is 8.13. The molecule has 0 aromatic heterocycles. The maximum atomic E-state index is 6.55. The zero-order chi connectivity index (χ0) is 20.8. The minimum Gasteiger partial charge on any atom is -0.497 e. The van der Waals surface area contributed by atoms with Crippen LogP contribution in [-0.2, 0) is 6.42 Å². The summed E-state index contributed by atoms with van der Waals surface area (Å²) in [5, 5.41) is 0. The van der Waals surface area contributed by atoms with Gasteiger partial charge in [-0.1, -0.05) is 60.7 Å². The van der Waals surface area contributed by atoms with Gasteiger partial charge in [-0.3, -0.25) is 0 Å². The third-order valence-corrected chi connectivity index (χ3v) is 6.08. The van der Waals surface area contributed by atoms with E-state index in [1.807, 2.05) is 6.07 Å². The summed E-state index contributed by atoms with van der Waals surface area (Å²) in [7, 11) is 1.72. The third-order valence-electron chi connectivity index (χ3n) is 6.08. The van der Waals surface area contributed by atoms with Crippen molar-refractivity contribution < 1.29 is 9.47 Å². The number of aryl methyl sites for hydroxylation is 1. The van der Waals surface area contributed by atoms with Crippen molar-refractivity contribution in [1.82, 2.24) is 4.90 Å². The fourth-order valence-corrected chi connectivity index (χ4v) is 4.33. The molecule has 0 amide bonds. The van der Waals surface area contributed by atoms with E-state index in [2.05, 4.69) is 84.6 Å². The zero-order valence-corrected chi connectivity index (χ0v) is 18.0. The second kappa shape index (κ2) is 9.82. The molecule has 1 heterocycles. The highest BCUT2D eigenvalue weighted by Gasteiger charge is 2.32. The van der Waals surface area contributed by atoms with Crippen LogP contribution in [-0.4, -0.2) is 37.7 Å². The van der Waals surface area contributed by atoms with Gasteiger partial charge in [0.05, 0.1) is 7.11 Å². The predicted octanol–water partition coefficient (Wildman–Crippen LogP) is 5.48. The molecule has 1 saturated heterocycles. The monoisotopic (exact) mass is 401 g/mol. The molecular formula is C27H31NO2. The van der Waals surface area contributed by atoms with Gasteiger partial charge in [0.25, 0.3) is 0 Å². The van der Waals surface area contributed by atoms with E-state index in [9.17, 15) is 0 Å². The lowest BCUT2D eigenvalue weighted by Gasteiger charge is -2.39. The summed E-state index contributed by atoms with van der Waals surface area (Å²) >= 11 is 0. The minimum absolute atomic E-state index is 0.196. The smallest absolute Gasteiger partial charge is 0.122 e. The maximum absolute atomic E-state index is 6.55. The minimum atomic E-state index is 0.196. The van der Waals surface area contributed by atoms with Crippen LogP contribution in [0.3, 0.4) is 0 Å². The Morgan fingerprint density at radius 2 is 1.73 bits per heavy atom.